The second-order valence-corrected chi connectivity index (χ2v) is 11.1. The van der Waals surface area contributed by atoms with E-state index in [1.54, 1.807) is 11.5 Å². The summed E-state index contributed by atoms with van der Waals surface area (Å²) in [5.74, 6) is -1.47. The van der Waals surface area contributed by atoms with Crippen molar-refractivity contribution < 1.29 is 24.0 Å². The first kappa shape index (κ1) is 28.4. The topological polar surface area (TPSA) is 136 Å². The Hall–Kier alpha value is -4.13. The zero-order valence-electron chi connectivity index (χ0n) is 21.6. The molecule has 10 nitrogen and oxygen atoms in total. The van der Waals surface area contributed by atoms with Crippen LogP contribution < -0.4 is 11.1 Å². The maximum absolute atomic E-state index is 13.8. The lowest BCUT2D eigenvalue weighted by molar-refractivity contribution is -0.154. The van der Waals surface area contributed by atoms with Crippen LogP contribution in [0.25, 0.3) is 0 Å². The van der Waals surface area contributed by atoms with E-state index in [4.69, 9.17) is 26.9 Å². The van der Waals surface area contributed by atoms with Gasteiger partial charge in [0.25, 0.3) is 11.8 Å². The van der Waals surface area contributed by atoms with Gasteiger partial charge in [0, 0.05) is 16.7 Å². The number of ether oxygens (including phenoxy) is 1. The summed E-state index contributed by atoms with van der Waals surface area (Å²) in [5, 5.41) is 7.73. The molecule has 2 aromatic carbocycles. The minimum Gasteiger partial charge on any atom is -0.448 e. The summed E-state index contributed by atoms with van der Waals surface area (Å²) in [6.45, 7) is 0. The quantitative estimate of drug-likeness (QED) is 0.162. The van der Waals surface area contributed by atoms with Gasteiger partial charge in [-0.05, 0) is 22.8 Å². The van der Waals surface area contributed by atoms with Crippen molar-refractivity contribution in [1.29, 1.82) is 0 Å². The van der Waals surface area contributed by atoms with Gasteiger partial charge in [0.05, 0.1) is 0 Å². The molecule has 210 valence electrons. The number of esters is 1. The van der Waals surface area contributed by atoms with Gasteiger partial charge in [0.2, 0.25) is 0 Å². The second kappa shape index (κ2) is 12.6. The third-order valence-electron chi connectivity index (χ3n) is 6.33. The molecule has 0 aliphatic carbocycles. The third kappa shape index (κ3) is 5.85. The summed E-state index contributed by atoms with van der Waals surface area (Å²) in [7, 11) is 1.29. The van der Waals surface area contributed by atoms with Gasteiger partial charge in [-0.15, -0.1) is 23.1 Å². The van der Waals surface area contributed by atoms with E-state index in [-0.39, 0.29) is 22.2 Å². The van der Waals surface area contributed by atoms with E-state index in [9.17, 15) is 14.4 Å². The molecule has 5 rings (SSSR count). The van der Waals surface area contributed by atoms with Crippen LogP contribution in [-0.2, 0) is 24.0 Å². The van der Waals surface area contributed by atoms with Gasteiger partial charge in [-0.3, -0.25) is 14.5 Å². The van der Waals surface area contributed by atoms with Crippen LogP contribution in [0.4, 0.5) is 5.13 Å². The Bertz CT molecular complexity index is 1500. The molecule has 2 amide bonds. The summed E-state index contributed by atoms with van der Waals surface area (Å²) in [6, 6.07) is 17.8. The Balaban J connectivity index is 1.40. The maximum Gasteiger partial charge on any atom is 0.356 e. The number of carbonyl (C=O) groups is 3. The number of anilines is 1. The molecule has 1 aromatic heterocycles. The normalized spacial score (nSPS) is 18.8. The first-order valence-electron chi connectivity index (χ1n) is 12.3. The van der Waals surface area contributed by atoms with Gasteiger partial charge in [-0.25, -0.2) is 9.78 Å². The molecule has 0 spiro atoms. The molecule has 0 saturated carbocycles. The summed E-state index contributed by atoms with van der Waals surface area (Å²) in [4.78, 5) is 50.6. The van der Waals surface area contributed by atoms with Gasteiger partial charge >= 0.3 is 5.97 Å². The van der Waals surface area contributed by atoms with Crippen LogP contribution in [0.15, 0.2) is 94.1 Å². The van der Waals surface area contributed by atoms with E-state index in [1.807, 2.05) is 60.7 Å². The highest BCUT2D eigenvalue weighted by atomic mass is 35.5. The number of carbonyl (C=O) groups excluding carboxylic acids is 3. The molecule has 0 radical (unpaired) electrons. The van der Waals surface area contributed by atoms with Gasteiger partial charge in [0.1, 0.15) is 29.9 Å². The second-order valence-electron chi connectivity index (χ2n) is 8.83. The molecule has 2 aliphatic heterocycles. The van der Waals surface area contributed by atoms with E-state index < -0.39 is 35.3 Å². The first-order valence-corrected chi connectivity index (χ1v) is 14.7. The largest absolute Gasteiger partial charge is 0.448 e. The maximum atomic E-state index is 13.8. The van der Waals surface area contributed by atoms with Crippen molar-refractivity contribution >= 4 is 63.3 Å². The predicted octanol–water partition coefficient (Wildman–Crippen LogP) is 3.82. The number of rotatable bonds is 9. The number of nitrogens with two attached hydrogens (primary N) is 1. The number of oxime groups is 1. The van der Waals surface area contributed by atoms with Crippen molar-refractivity contribution in [2.24, 2.45) is 5.16 Å². The lowest BCUT2D eigenvalue weighted by Crippen LogP contribution is -2.71. The zero-order valence-corrected chi connectivity index (χ0v) is 24.0. The predicted molar refractivity (Wildman–Crippen MR) is 158 cm³/mol. The van der Waals surface area contributed by atoms with E-state index >= 15 is 0 Å². The summed E-state index contributed by atoms with van der Waals surface area (Å²) < 4.78 is 6.07. The standard InChI is InChI=1S/C28H24ClN5O5S2/c1-38-33-20(19-15-41-28(30)31-19)24(35)32-21-25(36)34-22(18(12-13-29)14-40-26(21)34)27(37)39-23(16-8-4-2-5-9-16)17-10-6-3-7-11-17/h2-13,15,21,23,26H,14H2,1H3,(H2,30,31)(H,32,35)/b13-12+,33-20?/t21?,26-/m0/s1. The molecule has 41 heavy (non-hydrogen) atoms. The van der Waals surface area contributed by atoms with E-state index in [2.05, 4.69) is 15.5 Å². The molecular formula is C28H24ClN5O5S2. The average Bonchev–Trinajstić information content (AvgIpc) is 3.43. The first-order chi connectivity index (χ1) is 19.9. The highest BCUT2D eigenvalue weighted by Gasteiger charge is 2.54. The third-order valence-corrected chi connectivity index (χ3v) is 8.44. The summed E-state index contributed by atoms with van der Waals surface area (Å²) in [6.07, 6.45) is 0.855. The number of nitrogens with zero attached hydrogens (tertiary/aromatic N) is 3. The lowest BCUT2D eigenvalue weighted by Gasteiger charge is -2.49. The molecule has 1 saturated heterocycles. The minimum absolute atomic E-state index is 0.0797. The van der Waals surface area contributed by atoms with Gasteiger partial charge < -0.3 is 20.6 Å². The van der Waals surface area contributed by atoms with Crippen LogP contribution in [0, 0.1) is 0 Å². The molecule has 2 atom stereocenters. The van der Waals surface area contributed by atoms with Crippen LogP contribution in [0.5, 0.6) is 0 Å². The Labute approximate surface area is 248 Å². The van der Waals surface area contributed by atoms with Crippen molar-refractivity contribution in [1.82, 2.24) is 15.2 Å². The average molecular weight is 610 g/mol. The lowest BCUT2D eigenvalue weighted by atomic mass is 10.0. The number of fused-ring (bicyclic) bond motifs is 1. The highest BCUT2D eigenvalue weighted by Crippen LogP contribution is 2.42. The van der Waals surface area contributed by atoms with Crippen molar-refractivity contribution in [3.63, 3.8) is 0 Å². The zero-order chi connectivity index (χ0) is 28.9. The van der Waals surface area contributed by atoms with Crippen LogP contribution >= 0.6 is 34.7 Å². The van der Waals surface area contributed by atoms with Crippen molar-refractivity contribution in [2.45, 2.75) is 17.5 Å². The molecule has 1 fully saturated rings. The van der Waals surface area contributed by atoms with Crippen LogP contribution in [0.1, 0.15) is 22.9 Å². The Kier molecular flexibility index (Phi) is 8.72. The van der Waals surface area contributed by atoms with Crippen molar-refractivity contribution in [3.05, 3.63) is 106 Å². The Morgan fingerprint density at radius 3 is 2.39 bits per heavy atom. The SMILES string of the molecule is CON=C(C(=O)NC1C(=O)N2C(C(=O)OC(c3ccccc3)c3ccccc3)=C(/C=C/Cl)CS[C@@H]12)c1csc(N)n1. The summed E-state index contributed by atoms with van der Waals surface area (Å²) in [5.41, 5.74) is 9.24. The number of aromatic nitrogens is 1. The number of thiazole rings is 1. The number of nitrogens with one attached hydrogen (secondary N) is 1. The molecule has 0 bridgehead atoms. The number of amides is 2. The summed E-state index contributed by atoms with van der Waals surface area (Å²) >= 11 is 8.41. The van der Waals surface area contributed by atoms with E-state index in [1.165, 1.54) is 29.3 Å². The van der Waals surface area contributed by atoms with E-state index in [0.29, 0.717) is 11.3 Å². The fourth-order valence-electron chi connectivity index (χ4n) is 4.48. The number of thioether (sulfide) groups is 1. The van der Waals surface area contributed by atoms with Crippen LogP contribution in [0.3, 0.4) is 0 Å². The molecule has 3 N–H and O–H groups in total. The number of hydrogen-bond acceptors (Lipinski definition) is 10. The number of nitrogen functional groups attached to an aromatic ring is 1. The smallest absolute Gasteiger partial charge is 0.356 e. The monoisotopic (exact) mass is 609 g/mol. The number of β-lactam (4-membered cyclic amide) rings is 1. The molecule has 2 aliphatic rings. The highest BCUT2D eigenvalue weighted by molar-refractivity contribution is 8.00. The van der Waals surface area contributed by atoms with Crippen LogP contribution in [0.2, 0.25) is 0 Å². The number of halogens is 1. The Morgan fingerprint density at radius 1 is 1.17 bits per heavy atom. The minimum atomic E-state index is -0.922. The van der Waals surface area contributed by atoms with Gasteiger partial charge in [-0.1, -0.05) is 77.4 Å². The fraction of sp³-hybridized carbons (Fsp3) is 0.179. The Morgan fingerprint density at radius 2 is 1.83 bits per heavy atom. The van der Waals surface area contributed by atoms with Gasteiger partial charge in [0.15, 0.2) is 16.9 Å². The molecular weight excluding hydrogens is 586 g/mol. The van der Waals surface area contributed by atoms with Crippen LogP contribution in [-0.4, -0.2) is 57.7 Å². The molecule has 3 aromatic rings. The number of hydrogen-bond donors (Lipinski definition) is 2. The fourth-order valence-corrected chi connectivity index (χ4v) is 6.50. The number of benzene rings is 2. The van der Waals surface area contributed by atoms with Crippen molar-refractivity contribution in [2.75, 3.05) is 18.6 Å². The van der Waals surface area contributed by atoms with Crippen molar-refractivity contribution in [3.8, 4) is 0 Å². The molecule has 3 heterocycles. The van der Waals surface area contributed by atoms with Gasteiger partial charge in [-0.2, -0.15) is 0 Å². The number of allylic oxidation sites excluding steroid dienone is 1. The molecule has 13 heteroatoms. The molecule has 1 unspecified atom stereocenters. The van der Waals surface area contributed by atoms with E-state index in [0.717, 1.165) is 22.5 Å².